The van der Waals surface area contributed by atoms with Crippen molar-refractivity contribution in [3.8, 4) is 0 Å². The smallest absolute Gasteiger partial charge is 0.318 e. The molecule has 122 valence electrons. The van der Waals surface area contributed by atoms with Gasteiger partial charge in [0.25, 0.3) is 0 Å². The summed E-state index contributed by atoms with van der Waals surface area (Å²) >= 11 is 1.77. The summed E-state index contributed by atoms with van der Waals surface area (Å²) in [7, 11) is 0. The fraction of sp³-hybridized carbons (Fsp3) is 0.389. The average Bonchev–Trinajstić information content (AvgIpc) is 3.06. The molecule has 4 nitrogen and oxygen atoms in total. The van der Waals surface area contributed by atoms with Crippen LogP contribution in [-0.4, -0.2) is 29.2 Å². The van der Waals surface area contributed by atoms with Crippen LogP contribution in [0, 0.1) is 0 Å². The number of rotatable bonds is 5. The van der Waals surface area contributed by atoms with Gasteiger partial charge in [0.2, 0.25) is 0 Å². The van der Waals surface area contributed by atoms with E-state index in [1.54, 1.807) is 11.3 Å². The maximum absolute atomic E-state index is 12.6. The summed E-state index contributed by atoms with van der Waals surface area (Å²) < 4.78 is 0. The number of carbonyl (C=O) groups is 1. The van der Waals surface area contributed by atoms with Gasteiger partial charge in [-0.05, 0) is 41.8 Å². The molecule has 1 unspecified atom stereocenters. The maximum Gasteiger partial charge on any atom is 0.318 e. The number of amides is 2. The molecule has 5 heteroatoms. The predicted octanol–water partition coefficient (Wildman–Crippen LogP) is 3.33. The summed E-state index contributed by atoms with van der Waals surface area (Å²) in [6.07, 6.45) is 2.35. The molecular formula is C18H22N2O2S. The molecule has 0 radical (unpaired) electrons. The second-order valence-corrected chi connectivity index (χ2v) is 6.82. The Labute approximate surface area is 140 Å². The molecule has 0 bridgehead atoms. The third-order valence-corrected chi connectivity index (χ3v) is 5.27. The van der Waals surface area contributed by atoms with Crippen molar-refractivity contribution in [1.82, 2.24) is 10.2 Å². The molecule has 2 heterocycles. The number of nitrogens with one attached hydrogen (secondary N) is 1. The van der Waals surface area contributed by atoms with E-state index in [2.05, 4.69) is 16.8 Å². The molecule has 0 fully saturated rings. The summed E-state index contributed by atoms with van der Waals surface area (Å²) in [4.78, 5) is 15.9. The van der Waals surface area contributed by atoms with Crippen molar-refractivity contribution in [2.45, 2.75) is 31.8 Å². The van der Waals surface area contributed by atoms with Crippen molar-refractivity contribution >= 4 is 17.4 Å². The van der Waals surface area contributed by atoms with Crippen molar-refractivity contribution < 1.29 is 9.90 Å². The van der Waals surface area contributed by atoms with Crippen LogP contribution in [0.4, 0.5) is 4.79 Å². The van der Waals surface area contributed by atoms with Crippen LogP contribution in [0.2, 0.25) is 0 Å². The van der Waals surface area contributed by atoms with Gasteiger partial charge >= 0.3 is 6.03 Å². The Bertz CT molecular complexity index is 641. The lowest BCUT2D eigenvalue weighted by Gasteiger charge is -2.29. The zero-order chi connectivity index (χ0) is 16.1. The number of aliphatic hydroxyl groups excluding tert-OH is 1. The molecule has 23 heavy (non-hydrogen) atoms. The summed E-state index contributed by atoms with van der Waals surface area (Å²) in [6, 6.07) is 12.0. The van der Waals surface area contributed by atoms with Crippen molar-refractivity contribution in [3.63, 3.8) is 0 Å². The molecule has 0 aliphatic carbocycles. The molecule has 1 aliphatic heterocycles. The van der Waals surface area contributed by atoms with E-state index in [-0.39, 0.29) is 18.7 Å². The highest BCUT2D eigenvalue weighted by molar-refractivity contribution is 7.10. The van der Waals surface area contributed by atoms with Gasteiger partial charge in [-0.2, -0.15) is 0 Å². The van der Waals surface area contributed by atoms with Crippen LogP contribution in [0.5, 0.6) is 0 Å². The van der Waals surface area contributed by atoms with Crippen LogP contribution < -0.4 is 5.32 Å². The van der Waals surface area contributed by atoms with Crippen molar-refractivity contribution in [3.05, 3.63) is 57.8 Å². The van der Waals surface area contributed by atoms with E-state index in [4.69, 9.17) is 5.11 Å². The molecule has 1 aliphatic rings. The Balaban J connectivity index is 1.66. The number of hydrogen-bond donors (Lipinski definition) is 2. The van der Waals surface area contributed by atoms with Gasteiger partial charge in [0, 0.05) is 24.6 Å². The lowest BCUT2D eigenvalue weighted by Crippen LogP contribution is -2.43. The number of aliphatic hydroxyl groups is 1. The first-order chi connectivity index (χ1) is 11.3. The van der Waals surface area contributed by atoms with E-state index < -0.39 is 0 Å². The number of hydrogen-bond acceptors (Lipinski definition) is 3. The second-order valence-electron chi connectivity index (χ2n) is 5.82. The Hall–Kier alpha value is -1.85. The molecule has 2 N–H and O–H groups in total. The van der Waals surface area contributed by atoms with Gasteiger partial charge in [-0.25, -0.2) is 4.79 Å². The number of fused-ring (bicyclic) bond motifs is 1. The first-order valence-electron chi connectivity index (χ1n) is 8.04. The van der Waals surface area contributed by atoms with Crippen LogP contribution in [0.15, 0.2) is 41.8 Å². The van der Waals surface area contributed by atoms with Crippen LogP contribution in [-0.2, 0) is 13.0 Å². The summed E-state index contributed by atoms with van der Waals surface area (Å²) in [5.74, 6) is 0. The summed E-state index contributed by atoms with van der Waals surface area (Å²) in [6.45, 7) is 1.59. The molecule has 1 atom stereocenters. The van der Waals surface area contributed by atoms with Crippen LogP contribution >= 0.6 is 11.3 Å². The Morgan fingerprint density at radius 1 is 1.30 bits per heavy atom. The Morgan fingerprint density at radius 3 is 2.91 bits per heavy atom. The number of carbonyl (C=O) groups excluding carboxylic acids is 1. The van der Waals surface area contributed by atoms with E-state index in [0.29, 0.717) is 13.0 Å². The quantitative estimate of drug-likeness (QED) is 0.883. The number of benzene rings is 1. The van der Waals surface area contributed by atoms with Gasteiger partial charge in [0.1, 0.15) is 0 Å². The summed E-state index contributed by atoms with van der Waals surface area (Å²) in [5.41, 5.74) is 2.35. The Morgan fingerprint density at radius 2 is 2.13 bits per heavy atom. The monoisotopic (exact) mass is 330 g/mol. The van der Waals surface area contributed by atoms with Gasteiger partial charge in [0.05, 0.1) is 6.04 Å². The van der Waals surface area contributed by atoms with Gasteiger partial charge in [-0.1, -0.05) is 30.3 Å². The fourth-order valence-corrected chi connectivity index (χ4v) is 3.85. The molecule has 2 amide bonds. The standard InChI is InChI=1S/C18H22N2O2S/c21-11-4-7-16(14-5-2-1-3-6-14)19-18(22)20-10-8-17-15(13-20)9-12-23-17/h1-3,5-6,9,12,16,21H,4,7-8,10-11,13H2,(H,19,22). The first-order valence-corrected chi connectivity index (χ1v) is 8.92. The predicted molar refractivity (Wildman–Crippen MR) is 92.5 cm³/mol. The zero-order valence-electron chi connectivity index (χ0n) is 13.1. The SMILES string of the molecule is O=C(NC(CCCO)c1ccccc1)N1CCc2sccc2C1. The van der Waals surface area contributed by atoms with E-state index in [1.165, 1.54) is 10.4 Å². The van der Waals surface area contributed by atoms with E-state index in [1.807, 2.05) is 35.2 Å². The molecule has 0 spiro atoms. The largest absolute Gasteiger partial charge is 0.396 e. The van der Waals surface area contributed by atoms with E-state index in [9.17, 15) is 4.79 Å². The lowest BCUT2D eigenvalue weighted by molar-refractivity contribution is 0.186. The third-order valence-electron chi connectivity index (χ3n) is 4.25. The number of thiophene rings is 1. The minimum Gasteiger partial charge on any atom is -0.396 e. The van der Waals surface area contributed by atoms with Crippen molar-refractivity contribution in [2.24, 2.45) is 0 Å². The van der Waals surface area contributed by atoms with Crippen LogP contribution in [0.3, 0.4) is 0 Å². The topological polar surface area (TPSA) is 52.6 Å². The molecule has 1 aromatic heterocycles. The van der Waals surface area contributed by atoms with Crippen molar-refractivity contribution in [2.75, 3.05) is 13.2 Å². The molecule has 0 saturated carbocycles. The highest BCUT2D eigenvalue weighted by atomic mass is 32.1. The van der Waals surface area contributed by atoms with Gasteiger partial charge in [-0.15, -0.1) is 11.3 Å². The fourth-order valence-electron chi connectivity index (χ4n) is 2.97. The van der Waals surface area contributed by atoms with Crippen molar-refractivity contribution in [1.29, 1.82) is 0 Å². The third kappa shape index (κ3) is 3.92. The molecular weight excluding hydrogens is 308 g/mol. The molecule has 1 aromatic carbocycles. The zero-order valence-corrected chi connectivity index (χ0v) is 13.9. The minimum absolute atomic E-state index is 0.0198. The van der Waals surface area contributed by atoms with Crippen LogP contribution in [0.25, 0.3) is 0 Å². The lowest BCUT2D eigenvalue weighted by atomic mass is 10.0. The molecule has 3 rings (SSSR count). The highest BCUT2D eigenvalue weighted by Crippen LogP contribution is 2.25. The average molecular weight is 330 g/mol. The highest BCUT2D eigenvalue weighted by Gasteiger charge is 2.23. The molecule has 0 saturated heterocycles. The molecule has 2 aromatic rings. The van der Waals surface area contributed by atoms with E-state index >= 15 is 0 Å². The number of urea groups is 1. The number of nitrogens with zero attached hydrogens (tertiary/aromatic N) is 1. The van der Waals surface area contributed by atoms with E-state index in [0.717, 1.165) is 24.9 Å². The second kappa shape index (κ2) is 7.62. The Kier molecular flexibility index (Phi) is 5.31. The van der Waals surface area contributed by atoms with Gasteiger partial charge in [0.15, 0.2) is 0 Å². The van der Waals surface area contributed by atoms with Crippen LogP contribution in [0.1, 0.15) is 34.9 Å². The first kappa shape index (κ1) is 16.0. The maximum atomic E-state index is 12.6. The van der Waals surface area contributed by atoms with Gasteiger partial charge < -0.3 is 15.3 Å². The normalized spacial score (nSPS) is 15.1. The minimum atomic E-state index is -0.0558. The summed E-state index contributed by atoms with van der Waals surface area (Å²) in [5, 5.41) is 14.3. The van der Waals surface area contributed by atoms with Gasteiger partial charge in [-0.3, -0.25) is 0 Å².